The molecule has 1 rings (SSSR count). The molecular weight excluding hydrogens is 234 g/mol. The van der Waals surface area contributed by atoms with Crippen LogP contribution in [0, 0.1) is 0 Å². The van der Waals surface area contributed by atoms with Crippen LogP contribution in [0.25, 0.3) is 0 Å². The SMILES string of the molecule is CCOC(=O)C(C)Nc1cc(OC)cc(OC)c1. The number of esters is 1. The number of nitrogens with one attached hydrogen (secondary N) is 1. The molecule has 0 heterocycles. The van der Waals surface area contributed by atoms with Gasteiger partial charge in [-0.2, -0.15) is 0 Å². The number of hydrogen-bond donors (Lipinski definition) is 1. The fourth-order valence-electron chi connectivity index (χ4n) is 1.47. The highest BCUT2D eigenvalue weighted by Crippen LogP contribution is 2.26. The highest BCUT2D eigenvalue weighted by Gasteiger charge is 2.14. The van der Waals surface area contributed by atoms with Crippen LogP contribution in [0.1, 0.15) is 13.8 Å². The van der Waals surface area contributed by atoms with Gasteiger partial charge in [0, 0.05) is 23.9 Å². The van der Waals surface area contributed by atoms with E-state index >= 15 is 0 Å². The van der Waals surface area contributed by atoms with Crippen LogP contribution in [0.2, 0.25) is 0 Å². The molecule has 0 saturated heterocycles. The Morgan fingerprint density at radius 2 is 1.78 bits per heavy atom. The van der Waals surface area contributed by atoms with Crippen molar-refractivity contribution >= 4 is 11.7 Å². The monoisotopic (exact) mass is 253 g/mol. The minimum absolute atomic E-state index is 0.292. The molecule has 0 aliphatic heterocycles. The van der Waals surface area contributed by atoms with Crippen molar-refractivity contribution in [3.8, 4) is 11.5 Å². The molecule has 5 heteroatoms. The number of rotatable bonds is 6. The van der Waals surface area contributed by atoms with Crippen LogP contribution in [0.15, 0.2) is 18.2 Å². The molecule has 0 aromatic heterocycles. The first kappa shape index (κ1) is 14.2. The number of benzene rings is 1. The molecule has 100 valence electrons. The Morgan fingerprint density at radius 3 is 2.22 bits per heavy atom. The van der Waals surface area contributed by atoms with Gasteiger partial charge in [-0.25, -0.2) is 4.79 Å². The van der Waals surface area contributed by atoms with E-state index < -0.39 is 6.04 Å². The van der Waals surface area contributed by atoms with E-state index in [1.807, 2.05) is 0 Å². The Bertz CT molecular complexity index is 384. The third kappa shape index (κ3) is 3.84. The molecule has 18 heavy (non-hydrogen) atoms. The Morgan fingerprint density at radius 1 is 1.22 bits per heavy atom. The second kappa shape index (κ2) is 6.74. The summed E-state index contributed by atoms with van der Waals surface area (Å²) in [5, 5.41) is 3.04. The largest absolute Gasteiger partial charge is 0.497 e. The summed E-state index contributed by atoms with van der Waals surface area (Å²) in [4.78, 5) is 11.5. The fourth-order valence-corrected chi connectivity index (χ4v) is 1.47. The van der Waals surface area contributed by atoms with Gasteiger partial charge in [0.1, 0.15) is 17.5 Å². The number of anilines is 1. The average molecular weight is 253 g/mol. The predicted molar refractivity (Wildman–Crippen MR) is 69.3 cm³/mol. The topological polar surface area (TPSA) is 56.8 Å². The third-order valence-electron chi connectivity index (χ3n) is 2.37. The van der Waals surface area contributed by atoms with E-state index in [2.05, 4.69) is 5.32 Å². The highest BCUT2D eigenvalue weighted by molar-refractivity contribution is 5.79. The van der Waals surface area contributed by atoms with Gasteiger partial charge in [0.2, 0.25) is 0 Å². The van der Waals surface area contributed by atoms with Gasteiger partial charge in [-0.05, 0) is 13.8 Å². The summed E-state index contributed by atoms with van der Waals surface area (Å²) in [7, 11) is 3.15. The average Bonchev–Trinajstić information content (AvgIpc) is 2.38. The standard InChI is InChI=1S/C13H19NO4/c1-5-18-13(15)9(2)14-10-6-11(16-3)8-12(7-10)17-4/h6-9,14H,5H2,1-4H3. The van der Waals surface area contributed by atoms with Gasteiger partial charge in [-0.3, -0.25) is 0 Å². The van der Waals surface area contributed by atoms with Crippen molar-refractivity contribution in [2.24, 2.45) is 0 Å². The molecule has 0 bridgehead atoms. The van der Waals surface area contributed by atoms with Crippen molar-refractivity contribution in [1.29, 1.82) is 0 Å². The molecule has 0 aliphatic carbocycles. The van der Waals surface area contributed by atoms with Gasteiger partial charge < -0.3 is 19.5 Å². The minimum Gasteiger partial charge on any atom is -0.497 e. The maximum atomic E-state index is 11.5. The Hall–Kier alpha value is -1.91. The van der Waals surface area contributed by atoms with Crippen molar-refractivity contribution in [2.75, 3.05) is 26.1 Å². The van der Waals surface area contributed by atoms with Crippen molar-refractivity contribution in [3.05, 3.63) is 18.2 Å². The number of methoxy groups -OCH3 is 2. The van der Waals surface area contributed by atoms with Gasteiger partial charge >= 0.3 is 5.97 Å². The van der Waals surface area contributed by atoms with Crippen molar-refractivity contribution in [2.45, 2.75) is 19.9 Å². The summed E-state index contributed by atoms with van der Waals surface area (Å²) in [6.45, 7) is 3.88. The normalized spacial score (nSPS) is 11.6. The van der Waals surface area contributed by atoms with Gasteiger partial charge in [-0.15, -0.1) is 0 Å². The maximum absolute atomic E-state index is 11.5. The van der Waals surface area contributed by atoms with E-state index in [0.29, 0.717) is 18.1 Å². The van der Waals surface area contributed by atoms with E-state index in [1.54, 1.807) is 46.3 Å². The van der Waals surface area contributed by atoms with Crippen molar-refractivity contribution in [3.63, 3.8) is 0 Å². The lowest BCUT2D eigenvalue weighted by Gasteiger charge is -2.15. The number of carbonyl (C=O) groups is 1. The number of hydrogen-bond acceptors (Lipinski definition) is 5. The van der Waals surface area contributed by atoms with Crippen LogP contribution < -0.4 is 14.8 Å². The first-order valence-corrected chi connectivity index (χ1v) is 5.77. The van der Waals surface area contributed by atoms with Crippen molar-refractivity contribution < 1.29 is 19.0 Å². The first-order valence-electron chi connectivity index (χ1n) is 5.77. The van der Waals surface area contributed by atoms with Crippen LogP contribution in [0.5, 0.6) is 11.5 Å². The Balaban J connectivity index is 2.79. The van der Waals surface area contributed by atoms with Gasteiger partial charge in [0.15, 0.2) is 0 Å². The molecule has 1 aromatic carbocycles. The summed E-state index contributed by atoms with van der Waals surface area (Å²) >= 11 is 0. The van der Waals surface area contributed by atoms with Crippen molar-refractivity contribution in [1.82, 2.24) is 0 Å². The zero-order chi connectivity index (χ0) is 13.5. The zero-order valence-electron chi connectivity index (χ0n) is 11.1. The molecule has 1 aromatic rings. The van der Waals surface area contributed by atoms with Gasteiger partial charge in [-0.1, -0.05) is 0 Å². The zero-order valence-corrected chi connectivity index (χ0v) is 11.1. The second-order valence-electron chi connectivity index (χ2n) is 3.72. The molecular formula is C13H19NO4. The molecule has 5 nitrogen and oxygen atoms in total. The second-order valence-corrected chi connectivity index (χ2v) is 3.72. The Labute approximate surface area is 107 Å². The molecule has 0 saturated carbocycles. The molecule has 1 unspecified atom stereocenters. The fraction of sp³-hybridized carbons (Fsp3) is 0.462. The lowest BCUT2D eigenvalue weighted by molar-refractivity contribution is -0.143. The highest BCUT2D eigenvalue weighted by atomic mass is 16.5. The van der Waals surface area contributed by atoms with Crippen LogP contribution in [0.3, 0.4) is 0 Å². The van der Waals surface area contributed by atoms with Crippen LogP contribution in [-0.2, 0) is 9.53 Å². The lowest BCUT2D eigenvalue weighted by atomic mass is 10.2. The van der Waals surface area contributed by atoms with E-state index in [4.69, 9.17) is 14.2 Å². The first-order chi connectivity index (χ1) is 8.60. The predicted octanol–water partition coefficient (Wildman–Crippen LogP) is 2.07. The molecule has 0 amide bonds. The number of carbonyl (C=O) groups excluding carboxylic acids is 1. The van der Waals surface area contributed by atoms with Gasteiger partial charge in [0.25, 0.3) is 0 Å². The van der Waals surface area contributed by atoms with E-state index in [0.717, 1.165) is 5.69 Å². The Kier molecular flexibility index (Phi) is 5.30. The van der Waals surface area contributed by atoms with Crippen LogP contribution in [0.4, 0.5) is 5.69 Å². The maximum Gasteiger partial charge on any atom is 0.328 e. The summed E-state index contributed by atoms with van der Waals surface area (Å²) in [6.07, 6.45) is 0. The van der Waals surface area contributed by atoms with Crippen LogP contribution >= 0.6 is 0 Å². The molecule has 0 aliphatic rings. The van der Waals surface area contributed by atoms with Gasteiger partial charge in [0.05, 0.1) is 20.8 Å². The summed E-state index contributed by atoms with van der Waals surface area (Å²) in [5.74, 6) is 1.03. The van der Waals surface area contributed by atoms with E-state index in [9.17, 15) is 4.79 Å². The summed E-state index contributed by atoms with van der Waals surface area (Å²) in [6, 6.07) is 4.92. The number of ether oxygens (including phenoxy) is 3. The van der Waals surface area contributed by atoms with E-state index in [-0.39, 0.29) is 5.97 Å². The molecule has 1 N–H and O–H groups in total. The smallest absolute Gasteiger partial charge is 0.328 e. The molecule has 0 radical (unpaired) electrons. The quantitative estimate of drug-likeness (QED) is 0.786. The minimum atomic E-state index is -0.429. The van der Waals surface area contributed by atoms with Crippen LogP contribution in [-0.4, -0.2) is 32.8 Å². The molecule has 0 fully saturated rings. The summed E-state index contributed by atoms with van der Waals surface area (Å²) < 4.78 is 15.2. The lowest BCUT2D eigenvalue weighted by Crippen LogP contribution is -2.28. The van der Waals surface area contributed by atoms with E-state index in [1.165, 1.54) is 0 Å². The third-order valence-corrected chi connectivity index (χ3v) is 2.37. The molecule has 1 atom stereocenters. The molecule has 0 spiro atoms. The summed E-state index contributed by atoms with van der Waals surface area (Å²) in [5.41, 5.74) is 0.742.